The lowest BCUT2D eigenvalue weighted by Gasteiger charge is -2.12. The molecule has 4 rings (SSSR count). The second-order valence-corrected chi connectivity index (χ2v) is 7.36. The average Bonchev–Trinajstić information content (AvgIpc) is 3.36. The predicted octanol–water partition coefficient (Wildman–Crippen LogP) is 5.29. The van der Waals surface area contributed by atoms with E-state index in [0.29, 0.717) is 20.8 Å². The van der Waals surface area contributed by atoms with Crippen molar-refractivity contribution in [2.45, 2.75) is 0 Å². The smallest absolute Gasteiger partial charge is 0.290 e. The number of furan rings is 1. The number of benzene rings is 1. The molecule has 0 fully saturated rings. The summed E-state index contributed by atoms with van der Waals surface area (Å²) in [6.07, 6.45) is 3.04. The van der Waals surface area contributed by atoms with E-state index in [2.05, 4.69) is 10.1 Å². The standard InChI is InChI=1S/C17H10ClN3O2S2/c18-11-5-6-13-15(9-11)25-17(20-13)21(16(22)14-4-2-8-24-14)19-10-12-3-1-7-23-12/h1-10H/b19-10+. The van der Waals surface area contributed by atoms with Crippen molar-refractivity contribution in [1.82, 2.24) is 4.98 Å². The summed E-state index contributed by atoms with van der Waals surface area (Å²) in [4.78, 5) is 17.9. The quantitative estimate of drug-likeness (QED) is 0.353. The molecule has 0 N–H and O–H groups in total. The van der Waals surface area contributed by atoms with Gasteiger partial charge in [-0.25, -0.2) is 4.98 Å². The molecule has 0 saturated heterocycles. The molecule has 3 aromatic heterocycles. The third kappa shape index (κ3) is 3.34. The number of thiazole rings is 1. The number of amides is 1. The topological polar surface area (TPSA) is 58.7 Å². The number of hydrogen-bond donors (Lipinski definition) is 0. The molecule has 5 nitrogen and oxygen atoms in total. The molecule has 0 aliphatic heterocycles. The van der Waals surface area contributed by atoms with Gasteiger partial charge < -0.3 is 4.42 Å². The number of anilines is 1. The Morgan fingerprint density at radius 3 is 2.96 bits per heavy atom. The average molecular weight is 388 g/mol. The third-order valence-corrected chi connectivity index (χ3v) is 5.37. The van der Waals surface area contributed by atoms with Crippen molar-refractivity contribution in [1.29, 1.82) is 0 Å². The summed E-state index contributed by atoms with van der Waals surface area (Å²) >= 11 is 8.74. The fourth-order valence-corrected chi connectivity index (χ4v) is 4.00. The van der Waals surface area contributed by atoms with Crippen molar-refractivity contribution in [2.24, 2.45) is 5.10 Å². The summed E-state index contributed by atoms with van der Waals surface area (Å²) in [5.41, 5.74) is 0.765. The van der Waals surface area contributed by atoms with Crippen molar-refractivity contribution in [3.8, 4) is 0 Å². The van der Waals surface area contributed by atoms with E-state index in [4.69, 9.17) is 16.0 Å². The van der Waals surface area contributed by atoms with Crippen LogP contribution in [0.25, 0.3) is 10.2 Å². The first-order valence-electron chi connectivity index (χ1n) is 7.22. The largest absolute Gasteiger partial charge is 0.463 e. The highest BCUT2D eigenvalue weighted by Crippen LogP contribution is 2.32. The zero-order valence-electron chi connectivity index (χ0n) is 12.6. The SMILES string of the molecule is O=C(c1cccs1)N(/N=C/c1ccco1)c1nc2ccc(Cl)cc2s1. The molecular weight excluding hydrogens is 378 g/mol. The predicted molar refractivity (Wildman–Crippen MR) is 102 cm³/mol. The molecule has 0 radical (unpaired) electrons. The second-order valence-electron chi connectivity index (χ2n) is 4.96. The highest BCUT2D eigenvalue weighted by Gasteiger charge is 2.21. The van der Waals surface area contributed by atoms with Crippen LogP contribution in [0.3, 0.4) is 0 Å². The number of hydrogen-bond acceptors (Lipinski definition) is 6. The maximum absolute atomic E-state index is 12.8. The van der Waals surface area contributed by atoms with Gasteiger partial charge in [0.15, 0.2) is 0 Å². The van der Waals surface area contributed by atoms with Crippen LogP contribution < -0.4 is 5.01 Å². The highest BCUT2D eigenvalue weighted by molar-refractivity contribution is 7.22. The fourth-order valence-electron chi connectivity index (χ4n) is 2.15. The number of aromatic nitrogens is 1. The summed E-state index contributed by atoms with van der Waals surface area (Å²) in [5.74, 6) is 0.302. The summed E-state index contributed by atoms with van der Waals surface area (Å²) in [5, 5.41) is 8.52. The highest BCUT2D eigenvalue weighted by atomic mass is 35.5. The van der Waals surface area contributed by atoms with Gasteiger partial charge in [0.05, 0.1) is 27.6 Å². The van der Waals surface area contributed by atoms with E-state index in [0.717, 1.165) is 10.2 Å². The van der Waals surface area contributed by atoms with Crippen LogP contribution in [0, 0.1) is 0 Å². The number of carbonyl (C=O) groups excluding carboxylic acids is 1. The minimum atomic E-state index is -0.247. The molecule has 0 aliphatic rings. The number of carbonyl (C=O) groups is 1. The lowest BCUT2D eigenvalue weighted by molar-refractivity contribution is 0.0991. The van der Waals surface area contributed by atoms with E-state index in [1.165, 1.54) is 33.9 Å². The van der Waals surface area contributed by atoms with Gasteiger partial charge in [0.25, 0.3) is 5.91 Å². The zero-order valence-corrected chi connectivity index (χ0v) is 15.0. The molecule has 1 aromatic carbocycles. The van der Waals surface area contributed by atoms with Crippen molar-refractivity contribution in [3.05, 3.63) is 69.8 Å². The van der Waals surface area contributed by atoms with Crippen LogP contribution in [0.15, 0.2) is 63.6 Å². The van der Waals surface area contributed by atoms with Crippen molar-refractivity contribution >= 4 is 61.7 Å². The van der Waals surface area contributed by atoms with Crippen LogP contribution in [0.5, 0.6) is 0 Å². The first-order chi connectivity index (χ1) is 12.2. The van der Waals surface area contributed by atoms with E-state index in [1.807, 2.05) is 23.6 Å². The Morgan fingerprint density at radius 2 is 2.20 bits per heavy atom. The number of nitrogens with zero attached hydrogens (tertiary/aromatic N) is 3. The molecule has 0 saturated carbocycles. The van der Waals surface area contributed by atoms with Crippen molar-refractivity contribution in [3.63, 3.8) is 0 Å². The third-order valence-electron chi connectivity index (χ3n) is 3.29. The number of rotatable bonds is 4. The van der Waals surface area contributed by atoms with Crippen LogP contribution >= 0.6 is 34.3 Å². The van der Waals surface area contributed by atoms with Gasteiger partial charge in [-0.15, -0.1) is 11.3 Å². The van der Waals surface area contributed by atoms with Gasteiger partial charge in [-0.05, 0) is 41.8 Å². The van der Waals surface area contributed by atoms with Gasteiger partial charge in [-0.1, -0.05) is 29.0 Å². The molecule has 0 atom stereocenters. The molecule has 3 heterocycles. The molecule has 25 heavy (non-hydrogen) atoms. The normalized spacial score (nSPS) is 11.4. The first kappa shape index (κ1) is 16.0. The van der Waals surface area contributed by atoms with Crippen molar-refractivity contribution in [2.75, 3.05) is 5.01 Å². The van der Waals surface area contributed by atoms with E-state index in [1.54, 1.807) is 30.5 Å². The minimum absolute atomic E-state index is 0.247. The van der Waals surface area contributed by atoms with E-state index in [9.17, 15) is 4.79 Å². The molecule has 1 amide bonds. The van der Waals surface area contributed by atoms with Gasteiger partial charge in [0.2, 0.25) is 5.13 Å². The maximum Gasteiger partial charge on any atom is 0.290 e. The summed E-state index contributed by atoms with van der Waals surface area (Å²) in [6.45, 7) is 0. The molecule has 0 bridgehead atoms. The Bertz CT molecular complexity index is 1040. The summed E-state index contributed by atoms with van der Waals surface area (Å²) < 4.78 is 6.13. The van der Waals surface area contributed by atoms with Crippen LogP contribution in [-0.4, -0.2) is 17.1 Å². The summed E-state index contributed by atoms with van der Waals surface area (Å²) in [7, 11) is 0. The van der Waals surface area contributed by atoms with Gasteiger partial charge in [0.1, 0.15) is 5.76 Å². The van der Waals surface area contributed by atoms with Gasteiger partial charge >= 0.3 is 0 Å². The van der Waals surface area contributed by atoms with Crippen molar-refractivity contribution < 1.29 is 9.21 Å². The van der Waals surface area contributed by atoms with Gasteiger partial charge in [0, 0.05) is 5.02 Å². The Kier molecular flexibility index (Phi) is 4.35. The Hall–Kier alpha value is -2.48. The van der Waals surface area contributed by atoms with Crippen LogP contribution in [-0.2, 0) is 0 Å². The molecular formula is C17H10ClN3O2S2. The first-order valence-corrected chi connectivity index (χ1v) is 9.30. The molecule has 0 unspecified atom stereocenters. The Labute approximate surface area is 155 Å². The van der Waals surface area contributed by atoms with E-state index in [-0.39, 0.29) is 5.91 Å². The molecule has 0 aliphatic carbocycles. The van der Waals surface area contributed by atoms with Gasteiger partial charge in [-0.3, -0.25) is 4.79 Å². The van der Waals surface area contributed by atoms with E-state index < -0.39 is 0 Å². The molecule has 4 aromatic rings. The zero-order chi connectivity index (χ0) is 17.2. The number of thiophene rings is 1. The molecule has 8 heteroatoms. The molecule has 0 spiro atoms. The maximum atomic E-state index is 12.8. The lowest BCUT2D eigenvalue weighted by Crippen LogP contribution is -2.24. The Balaban J connectivity index is 1.76. The Morgan fingerprint density at radius 1 is 1.28 bits per heavy atom. The minimum Gasteiger partial charge on any atom is -0.463 e. The summed E-state index contributed by atoms with van der Waals surface area (Å²) in [6, 6.07) is 12.5. The fraction of sp³-hybridized carbons (Fsp3) is 0. The lowest BCUT2D eigenvalue weighted by atomic mass is 10.3. The monoisotopic (exact) mass is 387 g/mol. The van der Waals surface area contributed by atoms with Gasteiger partial charge in [-0.2, -0.15) is 10.1 Å². The van der Waals surface area contributed by atoms with E-state index >= 15 is 0 Å². The number of halogens is 1. The second kappa shape index (κ2) is 6.79. The molecule has 124 valence electrons. The van der Waals surface area contributed by atoms with Crippen LogP contribution in [0.1, 0.15) is 15.4 Å². The number of fused-ring (bicyclic) bond motifs is 1. The van der Waals surface area contributed by atoms with Crippen LogP contribution in [0.2, 0.25) is 5.02 Å². The number of hydrazone groups is 1. The van der Waals surface area contributed by atoms with Crippen LogP contribution in [0.4, 0.5) is 5.13 Å².